The number of nitrogens with zero attached hydrogens (tertiary/aromatic N) is 1. The molecule has 2 atom stereocenters. The molecular formula is C21H37NO4. The largest absolute Gasteiger partial charge is 0.469 e. The number of hydrogen-bond donors (Lipinski definition) is 1. The number of methoxy groups -OCH3 is 1. The van der Waals surface area contributed by atoms with Crippen LogP contribution in [-0.2, 0) is 14.3 Å². The molecule has 1 rings (SSSR count). The zero-order valence-electron chi connectivity index (χ0n) is 16.6. The Labute approximate surface area is 158 Å². The van der Waals surface area contributed by atoms with Gasteiger partial charge in [0, 0.05) is 19.4 Å². The van der Waals surface area contributed by atoms with Crippen molar-refractivity contribution in [2.75, 3.05) is 13.7 Å². The molecule has 0 spiro atoms. The minimum Gasteiger partial charge on any atom is -0.469 e. The highest BCUT2D eigenvalue weighted by atomic mass is 16.5. The highest BCUT2D eigenvalue weighted by Crippen LogP contribution is 2.21. The Kier molecular flexibility index (Phi) is 12.0. The highest BCUT2D eigenvalue weighted by Gasteiger charge is 2.25. The van der Waals surface area contributed by atoms with Crippen molar-refractivity contribution in [1.29, 1.82) is 0 Å². The van der Waals surface area contributed by atoms with E-state index >= 15 is 0 Å². The van der Waals surface area contributed by atoms with E-state index in [1.54, 1.807) is 0 Å². The molecule has 1 amide bonds. The van der Waals surface area contributed by atoms with E-state index in [4.69, 9.17) is 0 Å². The average Bonchev–Trinajstić information content (AvgIpc) is 2.64. The first-order valence-corrected chi connectivity index (χ1v) is 10.3. The van der Waals surface area contributed by atoms with Crippen molar-refractivity contribution in [1.82, 2.24) is 4.90 Å². The van der Waals surface area contributed by atoms with Crippen molar-refractivity contribution >= 4 is 11.9 Å². The van der Waals surface area contributed by atoms with E-state index in [1.807, 2.05) is 17.1 Å². The van der Waals surface area contributed by atoms with Crippen molar-refractivity contribution in [3.63, 3.8) is 0 Å². The van der Waals surface area contributed by atoms with Gasteiger partial charge in [0.15, 0.2) is 0 Å². The standard InChI is InChI=1S/C21H37NO4/c1-3-4-7-12-19(23)16-15-18-11-10-13-20(24)22(18)17-9-6-5-8-14-21(25)26-2/h15-16,18-19,23H,3-14,17H2,1-2H3. The molecule has 0 aromatic carbocycles. The predicted molar refractivity (Wildman–Crippen MR) is 104 cm³/mol. The zero-order valence-corrected chi connectivity index (χ0v) is 16.6. The molecular weight excluding hydrogens is 330 g/mol. The van der Waals surface area contributed by atoms with Gasteiger partial charge < -0.3 is 14.7 Å². The van der Waals surface area contributed by atoms with E-state index in [0.717, 1.165) is 70.8 Å². The van der Waals surface area contributed by atoms with Crippen LogP contribution in [0.3, 0.4) is 0 Å². The Morgan fingerprint density at radius 1 is 1.27 bits per heavy atom. The van der Waals surface area contributed by atoms with Gasteiger partial charge >= 0.3 is 5.97 Å². The second-order valence-electron chi connectivity index (χ2n) is 7.24. The fourth-order valence-electron chi connectivity index (χ4n) is 3.40. The lowest BCUT2D eigenvalue weighted by Gasteiger charge is -2.34. The number of likely N-dealkylation sites (tertiary alicyclic amines) is 1. The summed E-state index contributed by atoms with van der Waals surface area (Å²) >= 11 is 0. The zero-order chi connectivity index (χ0) is 19.2. The van der Waals surface area contributed by atoms with Crippen LogP contribution in [0.5, 0.6) is 0 Å². The smallest absolute Gasteiger partial charge is 0.305 e. The number of aliphatic hydroxyl groups is 1. The lowest BCUT2D eigenvalue weighted by atomic mass is 9.99. The van der Waals surface area contributed by atoms with Gasteiger partial charge in [0.25, 0.3) is 0 Å². The molecule has 0 saturated carbocycles. The van der Waals surface area contributed by atoms with Gasteiger partial charge in [0.05, 0.1) is 19.3 Å². The fraction of sp³-hybridized carbons (Fsp3) is 0.810. The molecule has 1 aliphatic heterocycles. The number of hydrogen-bond acceptors (Lipinski definition) is 4. The molecule has 5 heteroatoms. The number of ether oxygens (including phenoxy) is 1. The summed E-state index contributed by atoms with van der Waals surface area (Å²) < 4.78 is 4.64. The summed E-state index contributed by atoms with van der Waals surface area (Å²) in [7, 11) is 1.42. The van der Waals surface area contributed by atoms with Crippen LogP contribution in [0.15, 0.2) is 12.2 Å². The number of rotatable bonds is 13. The third kappa shape index (κ3) is 9.37. The van der Waals surface area contributed by atoms with Crippen LogP contribution in [0.1, 0.15) is 84.0 Å². The third-order valence-corrected chi connectivity index (χ3v) is 5.03. The summed E-state index contributed by atoms with van der Waals surface area (Å²) in [6.07, 6.45) is 14.4. The number of esters is 1. The first-order chi connectivity index (χ1) is 12.6. The summed E-state index contributed by atoms with van der Waals surface area (Å²) in [6, 6.07) is 0.118. The molecule has 1 fully saturated rings. The van der Waals surface area contributed by atoms with E-state index in [-0.39, 0.29) is 17.9 Å². The molecule has 0 aliphatic carbocycles. The number of unbranched alkanes of at least 4 members (excludes halogenated alkanes) is 5. The molecule has 1 saturated heterocycles. The molecule has 0 aromatic heterocycles. The Morgan fingerprint density at radius 2 is 2.04 bits per heavy atom. The molecule has 1 heterocycles. The molecule has 150 valence electrons. The maximum atomic E-state index is 12.3. The van der Waals surface area contributed by atoms with Crippen LogP contribution in [0.2, 0.25) is 0 Å². The molecule has 1 aliphatic rings. The highest BCUT2D eigenvalue weighted by molar-refractivity contribution is 5.77. The maximum absolute atomic E-state index is 12.3. The number of aliphatic hydroxyl groups excluding tert-OH is 1. The molecule has 26 heavy (non-hydrogen) atoms. The summed E-state index contributed by atoms with van der Waals surface area (Å²) in [5.41, 5.74) is 0. The minimum atomic E-state index is -0.404. The lowest BCUT2D eigenvalue weighted by Crippen LogP contribution is -2.43. The molecule has 2 unspecified atom stereocenters. The monoisotopic (exact) mass is 367 g/mol. The van der Waals surface area contributed by atoms with E-state index in [2.05, 4.69) is 11.7 Å². The number of amides is 1. The van der Waals surface area contributed by atoms with Gasteiger partial charge in [-0.05, 0) is 32.1 Å². The van der Waals surface area contributed by atoms with Gasteiger partial charge in [-0.3, -0.25) is 9.59 Å². The molecule has 5 nitrogen and oxygen atoms in total. The predicted octanol–water partition coefficient (Wildman–Crippen LogP) is 3.99. The van der Waals surface area contributed by atoms with E-state index in [1.165, 1.54) is 7.11 Å². The number of carbonyl (C=O) groups is 2. The van der Waals surface area contributed by atoms with Crippen molar-refractivity contribution in [3.8, 4) is 0 Å². The molecule has 1 N–H and O–H groups in total. The van der Waals surface area contributed by atoms with E-state index < -0.39 is 6.10 Å². The summed E-state index contributed by atoms with van der Waals surface area (Å²) in [5, 5.41) is 10.1. The van der Waals surface area contributed by atoms with Gasteiger partial charge in [-0.1, -0.05) is 51.2 Å². The summed E-state index contributed by atoms with van der Waals surface area (Å²) in [5.74, 6) is 0.0693. The topological polar surface area (TPSA) is 66.8 Å². The molecule has 0 aromatic rings. The first kappa shape index (κ1) is 22.7. The van der Waals surface area contributed by atoms with Crippen LogP contribution in [0, 0.1) is 0 Å². The fourth-order valence-corrected chi connectivity index (χ4v) is 3.40. The van der Waals surface area contributed by atoms with Crippen LogP contribution >= 0.6 is 0 Å². The summed E-state index contributed by atoms with van der Waals surface area (Å²) in [4.78, 5) is 25.3. The average molecular weight is 368 g/mol. The van der Waals surface area contributed by atoms with Crippen LogP contribution in [0.25, 0.3) is 0 Å². The van der Waals surface area contributed by atoms with E-state index in [0.29, 0.717) is 12.8 Å². The van der Waals surface area contributed by atoms with Gasteiger partial charge in [0.2, 0.25) is 5.91 Å². The maximum Gasteiger partial charge on any atom is 0.305 e. The number of carbonyl (C=O) groups excluding carboxylic acids is 2. The lowest BCUT2D eigenvalue weighted by molar-refractivity contribution is -0.140. The van der Waals surface area contributed by atoms with Crippen molar-refractivity contribution in [2.24, 2.45) is 0 Å². The van der Waals surface area contributed by atoms with Crippen molar-refractivity contribution in [3.05, 3.63) is 12.2 Å². The van der Waals surface area contributed by atoms with Gasteiger partial charge in [-0.15, -0.1) is 0 Å². The van der Waals surface area contributed by atoms with Crippen LogP contribution in [0.4, 0.5) is 0 Å². The first-order valence-electron chi connectivity index (χ1n) is 10.3. The van der Waals surface area contributed by atoms with Gasteiger partial charge in [-0.25, -0.2) is 0 Å². The second kappa shape index (κ2) is 13.8. The molecule has 0 bridgehead atoms. The Hall–Kier alpha value is -1.36. The molecule has 0 radical (unpaired) electrons. The SMILES string of the molecule is CCCCCC(O)C=CC1CCCC(=O)N1CCCCCCC(=O)OC. The second-order valence-corrected chi connectivity index (χ2v) is 7.24. The minimum absolute atomic E-state index is 0.118. The van der Waals surface area contributed by atoms with Gasteiger partial charge in [0.1, 0.15) is 0 Å². The quantitative estimate of drug-likeness (QED) is 0.304. The Bertz CT molecular complexity index is 436. The Morgan fingerprint density at radius 3 is 2.77 bits per heavy atom. The number of piperidine rings is 1. The Balaban J connectivity index is 2.34. The van der Waals surface area contributed by atoms with Crippen LogP contribution in [-0.4, -0.2) is 47.7 Å². The van der Waals surface area contributed by atoms with Crippen molar-refractivity contribution < 1.29 is 19.4 Å². The third-order valence-electron chi connectivity index (χ3n) is 5.03. The van der Waals surface area contributed by atoms with E-state index in [9.17, 15) is 14.7 Å². The summed E-state index contributed by atoms with van der Waals surface area (Å²) in [6.45, 7) is 2.92. The van der Waals surface area contributed by atoms with Crippen LogP contribution < -0.4 is 0 Å². The normalized spacial score (nSPS) is 19.1. The van der Waals surface area contributed by atoms with Crippen molar-refractivity contribution in [2.45, 2.75) is 96.1 Å². The van der Waals surface area contributed by atoms with Gasteiger partial charge in [-0.2, -0.15) is 0 Å².